The lowest BCUT2D eigenvalue weighted by atomic mass is 9.66. The van der Waals surface area contributed by atoms with Gasteiger partial charge < -0.3 is 5.21 Å². The summed E-state index contributed by atoms with van der Waals surface area (Å²) in [6.07, 6.45) is 5.81. The van der Waals surface area contributed by atoms with Crippen LogP contribution in [-0.2, 0) is 4.84 Å². The maximum absolute atomic E-state index is 11.8. The molecule has 1 N–H and O–H groups in total. The van der Waals surface area contributed by atoms with Crippen LogP contribution in [0, 0.1) is 46.6 Å². The largest absolute Gasteiger partial charge is 0.600 e. The molecule has 9 atom stereocenters. The van der Waals surface area contributed by atoms with Gasteiger partial charge in [-0.05, 0) is 55.3 Å². The number of hydrogen-bond acceptors (Lipinski definition) is 2. The lowest BCUT2D eigenvalue weighted by Gasteiger charge is -2.40. The molecule has 1 saturated heterocycles. The van der Waals surface area contributed by atoms with Crippen molar-refractivity contribution in [3.8, 4) is 0 Å². The summed E-state index contributed by atoms with van der Waals surface area (Å²) in [5.41, 5.74) is 0. The van der Waals surface area contributed by atoms with Crippen molar-refractivity contribution in [2.75, 3.05) is 6.61 Å². The quantitative estimate of drug-likeness (QED) is 0.481. The molecule has 3 nitrogen and oxygen atoms in total. The second-order valence-electron chi connectivity index (χ2n) is 6.87. The van der Waals surface area contributed by atoms with E-state index < -0.39 is 0 Å². The van der Waals surface area contributed by atoms with Crippen molar-refractivity contribution in [1.29, 1.82) is 0 Å². The molecule has 1 heterocycles. The summed E-state index contributed by atoms with van der Waals surface area (Å²) < 4.78 is 0. The number of hydroxylamine groups is 2. The van der Waals surface area contributed by atoms with Crippen molar-refractivity contribution < 1.29 is 10.1 Å². The molecular weight excluding hydrogens is 202 g/mol. The van der Waals surface area contributed by atoms with E-state index in [2.05, 4.69) is 0 Å². The van der Waals surface area contributed by atoms with E-state index in [-0.39, 0.29) is 5.23 Å². The topological polar surface area (TPSA) is 36.7 Å². The van der Waals surface area contributed by atoms with E-state index in [4.69, 9.17) is 4.84 Å². The van der Waals surface area contributed by atoms with Gasteiger partial charge in [0.1, 0.15) is 12.6 Å². The Morgan fingerprint density at radius 2 is 1.69 bits per heavy atom. The number of quaternary nitrogens is 1. The SMILES string of the molecule is [O-][NH+]1OCC2C3CC(C4C5CC[C@@H](C5)C34)C21. The fraction of sp³-hybridized carbons (Fsp3) is 1.00. The van der Waals surface area contributed by atoms with Gasteiger partial charge in [-0.15, -0.1) is 0 Å². The van der Waals surface area contributed by atoms with Crippen LogP contribution in [-0.4, -0.2) is 12.6 Å². The van der Waals surface area contributed by atoms with Gasteiger partial charge in [0.05, 0.1) is 0 Å². The Morgan fingerprint density at radius 1 is 0.938 bits per heavy atom. The third-order valence-corrected chi connectivity index (χ3v) is 6.74. The third-order valence-electron chi connectivity index (χ3n) is 6.74. The average Bonchev–Trinajstić information content (AvgIpc) is 2.99. The highest BCUT2D eigenvalue weighted by atomic mass is 16.9. The van der Waals surface area contributed by atoms with Crippen LogP contribution >= 0.6 is 0 Å². The van der Waals surface area contributed by atoms with Crippen LogP contribution in [0.3, 0.4) is 0 Å². The van der Waals surface area contributed by atoms with E-state index in [1.165, 1.54) is 25.7 Å². The highest BCUT2D eigenvalue weighted by Gasteiger charge is 2.69. The smallest absolute Gasteiger partial charge is 0.126 e. The molecular formula is C13H19NO2. The molecule has 0 aromatic rings. The molecule has 88 valence electrons. The van der Waals surface area contributed by atoms with Crippen LogP contribution in [0.5, 0.6) is 0 Å². The van der Waals surface area contributed by atoms with Gasteiger partial charge >= 0.3 is 0 Å². The third kappa shape index (κ3) is 0.793. The minimum Gasteiger partial charge on any atom is -0.600 e. The Morgan fingerprint density at radius 3 is 2.50 bits per heavy atom. The molecule has 4 bridgehead atoms. The summed E-state index contributed by atoms with van der Waals surface area (Å²) in [5, 5.41) is 12.0. The van der Waals surface area contributed by atoms with Crippen LogP contribution in [0.2, 0.25) is 0 Å². The first-order chi connectivity index (χ1) is 7.84. The predicted molar refractivity (Wildman–Crippen MR) is 57.0 cm³/mol. The van der Waals surface area contributed by atoms with Crippen molar-refractivity contribution in [1.82, 2.24) is 0 Å². The summed E-state index contributed by atoms with van der Waals surface area (Å²) in [6.45, 7) is 0.755. The molecule has 0 radical (unpaired) electrons. The van der Waals surface area contributed by atoms with Gasteiger partial charge in [-0.25, -0.2) is 10.1 Å². The standard InChI is InChI=1S/C13H19NO2/c15-14-13-9-4-8(10(13)5-16-14)11-6-1-2-7(3-6)12(9)11/h6-14H,1-5H2/t6-,7?,8?,9?,10?,11?,12?,13?/m0/s1. The number of nitrogens with one attached hydrogen (secondary N) is 1. The van der Waals surface area contributed by atoms with Crippen LogP contribution in [0.15, 0.2) is 0 Å². The second-order valence-corrected chi connectivity index (χ2v) is 6.87. The molecule has 3 heteroatoms. The molecule has 5 fully saturated rings. The lowest BCUT2D eigenvalue weighted by molar-refractivity contribution is -1.06. The first-order valence-electron chi connectivity index (χ1n) is 7.01. The number of rotatable bonds is 0. The second kappa shape index (κ2) is 2.65. The zero-order chi connectivity index (χ0) is 10.4. The van der Waals surface area contributed by atoms with Gasteiger partial charge in [-0.2, -0.15) is 0 Å². The van der Waals surface area contributed by atoms with E-state index in [9.17, 15) is 5.21 Å². The maximum atomic E-state index is 11.8. The lowest BCUT2D eigenvalue weighted by Crippen LogP contribution is -3.09. The summed E-state index contributed by atoms with van der Waals surface area (Å²) in [4.78, 5) is 5.32. The Labute approximate surface area is 95.7 Å². The highest BCUT2D eigenvalue weighted by Crippen LogP contribution is 2.68. The molecule has 0 aromatic heterocycles. The fourth-order valence-electron chi connectivity index (χ4n) is 6.56. The monoisotopic (exact) mass is 221 g/mol. The van der Waals surface area contributed by atoms with Crippen LogP contribution in [0.25, 0.3) is 0 Å². The first-order valence-corrected chi connectivity index (χ1v) is 7.01. The van der Waals surface area contributed by atoms with E-state index in [0.717, 1.165) is 42.1 Å². The molecule has 4 aliphatic carbocycles. The first kappa shape index (κ1) is 8.90. The number of hydrogen-bond donors (Lipinski definition) is 1. The summed E-state index contributed by atoms with van der Waals surface area (Å²) in [7, 11) is 0. The normalized spacial score (nSPS) is 69.9. The van der Waals surface area contributed by atoms with Crippen molar-refractivity contribution in [2.45, 2.75) is 31.7 Å². The molecule has 8 unspecified atom stereocenters. The molecule has 4 saturated carbocycles. The Balaban J connectivity index is 1.57. The average molecular weight is 221 g/mol. The highest BCUT2D eigenvalue weighted by molar-refractivity contribution is 5.14. The van der Waals surface area contributed by atoms with E-state index >= 15 is 0 Å². The zero-order valence-corrected chi connectivity index (χ0v) is 9.47. The van der Waals surface area contributed by atoms with Gasteiger partial charge in [-0.1, -0.05) is 0 Å². The Bertz CT molecular complexity index is 347. The Kier molecular flexibility index (Phi) is 1.47. The van der Waals surface area contributed by atoms with E-state index in [1.54, 1.807) is 0 Å². The predicted octanol–water partition coefficient (Wildman–Crippen LogP) is 0.611. The molecule has 1 aliphatic heterocycles. The molecule has 0 spiro atoms. The minimum absolute atomic E-state index is 0.152. The fourth-order valence-corrected chi connectivity index (χ4v) is 6.56. The minimum atomic E-state index is 0.152. The molecule has 0 aromatic carbocycles. The molecule has 5 aliphatic rings. The van der Waals surface area contributed by atoms with E-state index in [0.29, 0.717) is 12.0 Å². The Hall–Kier alpha value is -0.120. The summed E-state index contributed by atoms with van der Waals surface area (Å²) in [5.74, 6) is 6.15. The van der Waals surface area contributed by atoms with Gasteiger partial charge in [-0.3, -0.25) is 0 Å². The van der Waals surface area contributed by atoms with Crippen LogP contribution in [0.1, 0.15) is 25.7 Å². The zero-order valence-electron chi connectivity index (χ0n) is 9.47. The van der Waals surface area contributed by atoms with Crippen LogP contribution < -0.4 is 5.23 Å². The van der Waals surface area contributed by atoms with Gasteiger partial charge in [0.15, 0.2) is 0 Å². The molecule has 5 rings (SSSR count). The van der Waals surface area contributed by atoms with Crippen molar-refractivity contribution >= 4 is 0 Å². The maximum Gasteiger partial charge on any atom is 0.126 e. The number of fused-ring (bicyclic) bond motifs is 12. The van der Waals surface area contributed by atoms with E-state index in [1.807, 2.05) is 0 Å². The van der Waals surface area contributed by atoms with Crippen molar-refractivity contribution in [3.05, 3.63) is 5.21 Å². The summed E-state index contributed by atoms with van der Waals surface area (Å²) in [6, 6.07) is 0.325. The van der Waals surface area contributed by atoms with Gasteiger partial charge in [0, 0.05) is 11.8 Å². The van der Waals surface area contributed by atoms with Crippen LogP contribution in [0.4, 0.5) is 0 Å². The molecule has 16 heavy (non-hydrogen) atoms. The van der Waals surface area contributed by atoms with Crippen molar-refractivity contribution in [2.24, 2.45) is 41.4 Å². The molecule has 0 amide bonds. The van der Waals surface area contributed by atoms with Crippen molar-refractivity contribution in [3.63, 3.8) is 0 Å². The van der Waals surface area contributed by atoms with Gasteiger partial charge in [0.2, 0.25) is 0 Å². The van der Waals surface area contributed by atoms with Gasteiger partial charge in [0.25, 0.3) is 0 Å². The summed E-state index contributed by atoms with van der Waals surface area (Å²) >= 11 is 0.